The lowest BCUT2D eigenvalue weighted by Gasteiger charge is -2.08. The van der Waals surface area contributed by atoms with Crippen LogP contribution in [-0.2, 0) is 0 Å². The average Bonchev–Trinajstić information content (AvgIpc) is 2.73. The van der Waals surface area contributed by atoms with Crippen molar-refractivity contribution in [2.75, 3.05) is 18.2 Å². The minimum Gasteiger partial charge on any atom is -0.497 e. The third-order valence-corrected chi connectivity index (χ3v) is 4.92. The van der Waals surface area contributed by atoms with Crippen LogP contribution in [0.2, 0.25) is 0 Å². The van der Waals surface area contributed by atoms with E-state index < -0.39 is 0 Å². The summed E-state index contributed by atoms with van der Waals surface area (Å²) in [5.41, 5.74) is 1.94. The van der Waals surface area contributed by atoms with Gasteiger partial charge in [-0.15, -0.1) is 11.8 Å². The van der Waals surface area contributed by atoms with Gasteiger partial charge >= 0.3 is 0 Å². The summed E-state index contributed by atoms with van der Waals surface area (Å²) in [6.07, 6.45) is 0. The lowest BCUT2D eigenvalue weighted by molar-refractivity contribution is 0.101. The van der Waals surface area contributed by atoms with E-state index in [4.69, 9.17) is 4.74 Å². The number of thioether (sulfide) groups is 1. The molecule has 0 aliphatic heterocycles. The van der Waals surface area contributed by atoms with E-state index >= 15 is 0 Å². The van der Waals surface area contributed by atoms with Gasteiger partial charge in [-0.3, -0.25) is 9.59 Å². The zero-order valence-electron chi connectivity index (χ0n) is 14.8. The molecule has 0 atom stereocenters. The Labute approximate surface area is 162 Å². The second-order valence-electron chi connectivity index (χ2n) is 5.79. The number of carbonyl (C=O) groups excluding carboxylic acids is 2. The van der Waals surface area contributed by atoms with Crippen LogP contribution >= 0.6 is 11.8 Å². The molecule has 27 heavy (non-hydrogen) atoms. The smallest absolute Gasteiger partial charge is 0.255 e. The number of anilines is 1. The second-order valence-corrected chi connectivity index (χ2v) is 6.84. The van der Waals surface area contributed by atoms with Gasteiger partial charge < -0.3 is 10.1 Å². The summed E-state index contributed by atoms with van der Waals surface area (Å²) >= 11 is 1.47. The van der Waals surface area contributed by atoms with Crippen LogP contribution in [0, 0.1) is 0 Å². The molecule has 3 aromatic rings. The molecule has 0 spiro atoms. The van der Waals surface area contributed by atoms with Gasteiger partial charge in [-0.25, -0.2) is 0 Å². The van der Waals surface area contributed by atoms with Gasteiger partial charge in [-0.2, -0.15) is 0 Å². The molecule has 136 valence electrons. The standard InChI is InChI=1S/C22H19NO3S/c1-26-19-9-5-8-17(14-19)22(25)23-18-10-12-20(13-11-18)27-15-21(24)16-6-3-2-4-7-16/h2-14H,15H2,1H3,(H,23,25). The highest BCUT2D eigenvalue weighted by atomic mass is 32.2. The normalized spacial score (nSPS) is 10.3. The molecule has 3 rings (SSSR count). The summed E-state index contributed by atoms with van der Waals surface area (Å²) in [5, 5.41) is 2.86. The second kappa shape index (κ2) is 9.05. The third-order valence-electron chi connectivity index (χ3n) is 3.91. The average molecular weight is 377 g/mol. The first-order chi connectivity index (χ1) is 13.2. The van der Waals surface area contributed by atoms with E-state index in [0.717, 1.165) is 4.90 Å². The summed E-state index contributed by atoms with van der Waals surface area (Å²) in [6, 6.07) is 23.7. The van der Waals surface area contributed by atoms with E-state index in [9.17, 15) is 9.59 Å². The maximum absolute atomic E-state index is 12.3. The lowest BCUT2D eigenvalue weighted by Crippen LogP contribution is -2.11. The summed E-state index contributed by atoms with van der Waals surface area (Å²) in [6.45, 7) is 0. The molecule has 0 aliphatic rings. The van der Waals surface area contributed by atoms with Crippen molar-refractivity contribution >= 4 is 29.1 Å². The molecule has 0 aliphatic carbocycles. The van der Waals surface area contributed by atoms with E-state index in [2.05, 4.69) is 5.32 Å². The van der Waals surface area contributed by atoms with Crippen LogP contribution in [-0.4, -0.2) is 24.6 Å². The number of Topliss-reactive ketones (excluding diaryl/α,β-unsaturated/α-hetero) is 1. The molecule has 3 aromatic carbocycles. The Hall–Kier alpha value is -3.05. The predicted octanol–water partition coefficient (Wildman–Crippen LogP) is 4.92. The Bertz CT molecular complexity index is 924. The fourth-order valence-electron chi connectivity index (χ4n) is 2.46. The first kappa shape index (κ1) is 18.7. The van der Waals surface area contributed by atoms with Crippen molar-refractivity contribution in [3.05, 3.63) is 90.0 Å². The summed E-state index contributed by atoms with van der Waals surface area (Å²) in [4.78, 5) is 25.4. The summed E-state index contributed by atoms with van der Waals surface area (Å²) in [7, 11) is 1.57. The Morgan fingerprint density at radius 3 is 2.30 bits per heavy atom. The van der Waals surface area contributed by atoms with E-state index in [1.165, 1.54) is 11.8 Å². The summed E-state index contributed by atoms with van der Waals surface area (Å²) in [5.74, 6) is 0.904. The van der Waals surface area contributed by atoms with Crippen molar-refractivity contribution in [1.29, 1.82) is 0 Å². The largest absolute Gasteiger partial charge is 0.497 e. The molecule has 0 bridgehead atoms. The first-order valence-corrected chi connectivity index (χ1v) is 9.41. The Balaban J connectivity index is 1.57. The number of hydrogen-bond donors (Lipinski definition) is 1. The van der Waals surface area contributed by atoms with Crippen LogP contribution in [0.25, 0.3) is 0 Å². The Morgan fingerprint density at radius 2 is 1.59 bits per heavy atom. The number of ether oxygens (including phenoxy) is 1. The molecule has 0 saturated heterocycles. The van der Waals surface area contributed by atoms with Gasteiger partial charge in [0, 0.05) is 21.7 Å². The maximum atomic E-state index is 12.3. The van der Waals surface area contributed by atoms with E-state index in [1.54, 1.807) is 31.4 Å². The third kappa shape index (κ3) is 5.21. The highest BCUT2D eigenvalue weighted by Gasteiger charge is 2.08. The van der Waals surface area contributed by atoms with Crippen LogP contribution < -0.4 is 10.1 Å². The molecular weight excluding hydrogens is 358 g/mol. The number of methoxy groups -OCH3 is 1. The Kier molecular flexibility index (Phi) is 6.28. The van der Waals surface area contributed by atoms with Crippen molar-refractivity contribution in [2.24, 2.45) is 0 Å². The lowest BCUT2D eigenvalue weighted by atomic mass is 10.2. The topological polar surface area (TPSA) is 55.4 Å². The van der Waals surface area contributed by atoms with Gasteiger partial charge in [-0.1, -0.05) is 36.4 Å². The number of hydrogen-bond acceptors (Lipinski definition) is 4. The van der Waals surface area contributed by atoms with E-state index in [0.29, 0.717) is 28.3 Å². The molecule has 0 fully saturated rings. The fourth-order valence-corrected chi connectivity index (χ4v) is 3.25. The molecule has 0 unspecified atom stereocenters. The maximum Gasteiger partial charge on any atom is 0.255 e. The van der Waals surface area contributed by atoms with Crippen molar-refractivity contribution in [1.82, 2.24) is 0 Å². The minimum atomic E-state index is -0.200. The number of nitrogens with one attached hydrogen (secondary N) is 1. The fraction of sp³-hybridized carbons (Fsp3) is 0.0909. The molecule has 0 heterocycles. The molecular formula is C22H19NO3S. The van der Waals surface area contributed by atoms with Gasteiger partial charge in [0.05, 0.1) is 12.9 Å². The van der Waals surface area contributed by atoms with Crippen LogP contribution in [0.1, 0.15) is 20.7 Å². The highest BCUT2D eigenvalue weighted by Crippen LogP contribution is 2.22. The SMILES string of the molecule is COc1cccc(C(=O)Nc2ccc(SCC(=O)c3ccccc3)cc2)c1. The van der Waals surface area contributed by atoms with E-state index in [-0.39, 0.29) is 11.7 Å². The van der Waals surface area contributed by atoms with Crippen molar-refractivity contribution < 1.29 is 14.3 Å². The Morgan fingerprint density at radius 1 is 0.889 bits per heavy atom. The van der Waals surface area contributed by atoms with Crippen LogP contribution in [0.4, 0.5) is 5.69 Å². The predicted molar refractivity (Wildman–Crippen MR) is 109 cm³/mol. The van der Waals surface area contributed by atoms with Crippen molar-refractivity contribution in [2.45, 2.75) is 4.90 Å². The van der Waals surface area contributed by atoms with Crippen molar-refractivity contribution in [3.63, 3.8) is 0 Å². The van der Waals surface area contributed by atoms with Gasteiger partial charge in [0.25, 0.3) is 5.91 Å². The van der Waals surface area contributed by atoms with Crippen LogP contribution in [0.5, 0.6) is 5.75 Å². The van der Waals surface area contributed by atoms with E-state index in [1.807, 2.05) is 54.6 Å². The van der Waals surface area contributed by atoms with Crippen LogP contribution in [0.3, 0.4) is 0 Å². The molecule has 1 N–H and O–H groups in total. The quantitative estimate of drug-likeness (QED) is 0.469. The molecule has 0 saturated carbocycles. The number of benzene rings is 3. The zero-order valence-corrected chi connectivity index (χ0v) is 15.7. The first-order valence-electron chi connectivity index (χ1n) is 8.42. The molecule has 1 amide bonds. The summed E-state index contributed by atoms with van der Waals surface area (Å²) < 4.78 is 5.14. The number of ketones is 1. The van der Waals surface area contributed by atoms with Gasteiger partial charge in [0.15, 0.2) is 5.78 Å². The number of rotatable bonds is 7. The number of amides is 1. The molecule has 0 radical (unpaired) electrons. The molecule has 4 nitrogen and oxygen atoms in total. The van der Waals surface area contributed by atoms with Gasteiger partial charge in [0.1, 0.15) is 5.75 Å². The number of carbonyl (C=O) groups is 2. The molecule has 5 heteroatoms. The van der Waals surface area contributed by atoms with Gasteiger partial charge in [0.2, 0.25) is 0 Å². The zero-order chi connectivity index (χ0) is 19.1. The van der Waals surface area contributed by atoms with Gasteiger partial charge in [-0.05, 0) is 42.5 Å². The van der Waals surface area contributed by atoms with Crippen molar-refractivity contribution in [3.8, 4) is 5.75 Å². The monoisotopic (exact) mass is 377 g/mol. The minimum absolute atomic E-state index is 0.0935. The van der Waals surface area contributed by atoms with Crippen LogP contribution in [0.15, 0.2) is 83.8 Å². The highest BCUT2D eigenvalue weighted by molar-refractivity contribution is 8.00. The molecule has 0 aromatic heterocycles.